The number of aliphatic imine (C=N–C) groups is 1. The van der Waals surface area contributed by atoms with Gasteiger partial charge in [-0.1, -0.05) is 54.6 Å². The molecule has 8 nitrogen and oxygen atoms in total. The molecule has 3 aromatic rings. The summed E-state index contributed by atoms with van der Waals surface area (Å²) in [6.45, 7) is 3.04. The summed E-state index contributed by atoms with van der Waals surface area (Å²) in [7, 11) is 3.46. The van der Waals surface area contributed by atoms with Gasteiger partial charge in [-0.3, -0.25) is 4.99 Å². The first-order valence-electron chi connectivity index (χ1n) is 11.3. The molecule has 0 saturated carbocycles. The van der Waals surface area contributed by atoms with Crippen molar-refractivity contribution in [1.29, 1.82) is 0 Å². The maximum Gasteiger partial charge on any atom is 0.191 e. The molecule has 0 radical (unpaired) electrons. The number of aromatic nitrogens is 3. The molecule has 0 saturated heterocycles. The predicted molar refractivity (Wildman–Crippen MR) is 143 cm³/mol. The number of fused-ring (bicyclic) bond motifs is 1. The van der Waals surface area contributed by atoms with E-state index < -0.39 is 0 Å². The number of hydrogen-bond acceptors (Lipinski definition) is 5. The van der Waals surface area contributed by atoms with Crippen LogP contribution in [-0.2, 0) is 48.8 Å². The van der Waals surface area contributed by atoms with E-state index in [1.807, 2.05) is 28.9 Å². The average molecular weight is 576 g/mol. The van der Waals surface area contributed by atoms with Crippen LogP contribution >= 0.6 is 24.0 Å². The molecule has 4 rings (SSSR count). The Morgan fingerprint density at radius 2 is 1.82 bits per heavy atom. The van der Waals surface area contributed by atoms with Crippen molar-refractivity contribution in [3.05, 3.63) is 82.9 Å². The van der Waals surface area contributed by atoms with Crippen molar-refractivity contribution in [2.45, 2.75) is 51.8 Å². The Bertz CT molecular complexity index is 1060. The SMILES string of the molecule is CN=C(NCc1ccccc1COCc1ccccc1)NC1CCc2nc(COC)nn2C1.I. The lowest BCUT2D eigenvalue weighted by molar-refractivity contribution is 0.106. The first-order chi connectivity index (χ1) is 16.2. The van der Waals surface area contributed by atoms with Gasteiger partial charge in [-0.25, -0.2) is 9.67 Å². The molecule has 2 N–H and O–H groups in total. The van der Waals surface area contributed by atoms with Gasteiger partial charge >= 0.3 is 0 Å². The topological polar surface area (TPSA) is 85.6 Å². The van der Waals surface area contributed by atoms with Crippen LogP contribution in [0.5, 0.6) is 0 Å². The zero-order chi connectivity index (χ0) is 22.9. The summed E-state index contributed by atoms with van der Waals surface area (Å²) in [6.07, 6.45) is 1.86. The van der Waals surface area contributed by atoms with Gasteiger partial charge in [-0.15, -0.1) is 24.0 Å². The highest BCUT2D eigenvalue weighted by atomic mass is 127. The van der Waals surface area contributed by atoms with Crippen molar-refractivity contribution in [1.82, 2.24) is 25.4 Å². The third-order valence-electron chi connectivity index (χ3n) is 5.67. The number of nitrogens with one attached hydrogen (secondary N) is 2. The fraction of sp³-hybridized carbons (Fsp3) is 0.400. The number of guanidine groups is 1. The third-order valence-corrected chi connectivity index (χ3v) is 5.67. The fourth-order valence-electron chi connectivity index (χ4n) is 3.96. The Morgan fingerprint density at radius 1 is 1.06 bits per heavy atom. The molecule has 1 unspecified atom stereocenters. The molecule has 0 fully saturated rings. The number of nitrogens with zero attached hydrogens (tertiary/aromatic N) is 4. The van der Waals surface area contributed by atoms with E-state index in [1.165, 1.54) is 16.7 Å². The van der Waals surface area contributed by atoms with E-state index in [2.05, 4.69) is 56.0 Å². The minimum absolute atomic E-state index is 0. The second-order valence-corrected chi connectivity index (χ2v) is 8.11. The molecule has 0 aliphatic carbocycles. The molecule has 1 aliphatic rings. The Hall–Kier alpha value is -2.50. The van der Waals surface area contributed by atoms with Gasteiger partial charge in [-0.05, 0) is 23.1 Å². The zero-order valence-electron chi connectivity index (χ0n) is 19.7. The molecule has 0 spiro atoms. The van der Waals surface area contributed by atoms with Gasteiger partial charge in [-0.2, -0.15) is 5.10 Å². The van der Waals surface area contributed by atoms with E-state index in [9.17, 15) is 0 Å². The Morgan fingerprint density at radius 3 is 2.59 bits per heavy atom. The van der Waals surface area contributed by atoms with Crippen LogP contribution in [0.25, 0.3) is 0 Å². The zero-order valence-corrected chi connectivity index (χ0v) is 22.1. The van der Waals surface area contributed by atoms with Gasteiger partial charge < -0.3 is 20.1 Å². The lowest BCUT2D eigenvalue weighted by Gasteiger charge is -2.25. The van der Waals surface area contributed by atoms with Gasteiger partial charge in [0.1, 0.15) is 12.4 Å². The molecule has 9 heteroatoms. The summed E-state index contributed by atoms with van der Waals surface area (Å²) in [5, 5.41) is 11.5. The van der Waals surface area contributed by atoms with Gasteiger partial charge in [0, 0.05) is 33.2 Å². The van der Waals surface area contributed by atoms with Crippen LogP contribution in [0.4, 0.5) is 0 Å². The Labute approximate surface area is 218 Å². The van der Waals surface area contributed by atoms with E-state index in [0.29, 0.717) is 26.4 Å². The summed E-state index contributed by atoms with van der Waals surface area (Å²) in [6, 6.07) is 18.8. The van der Waals surface area contributed by atoms with Crippen molar-refractivity contribution >= 4 is 29.9 Å². The highest BCUT2D eigenvalue weighted by Gasteiger charge is 2.22. The van der Waals surface area contributed by atoms with Crippen molar-refractivity contribution in [3.8, 4) is 0 Å². The molecule has 1 aliphatic heterocycles. The van der Waals surface area contributed by atoms with Gasteiger partial charge in [0.2, 0.25) is 0 Å². The summed E-state index contributed by atoms with van der Waals surface area (Å²) < 4.78 is 13.1. The van der Waals surface area contributed by atoms with Crippen LogP contribution < -0.4 is 10.6 Å². The number of rotatable bonds is 9. The molecule has 2 aromatic carbocycles. The standard InChI is InChI=1S/C25H32N6O2.HI/c1-26-25(28-22-12-13-24-29-23(18-32-2)30-31(24)15-22)27-14-20-10-6-7-11-21(20)17-33-16-19-8-4-3-5-9-19;/h3-11,22H,12-18H2,1-2H3,(H2,26,27,28);1H. The number of ether oxygens (including phenoxy) is 2. The summed E-state index contributed by atoms with van der Waals surface area (Å²) >= 11 is 0. The minimum Gasteiger partial charge on any atom is -0.377 e. The first kappa shape index (κ1) is 26.1. The molecular weight excluding hydrogens is 543 g/mol. The van der Waals surface area contributed by atoms with Gasteiger partial charge in [0.25, 0.3) is 0 Å². The predicted octanol–water partition coefficient (Wildman–Crippen LogP) is 3.44. The average Bonchev–Trinajstić information content (AvgIpc) is 3.25. The molecule has 1 aromatic heterocycles. The molecule has 0 bridgehead atoms. The number of halogens is 1. The van der Waals surface area contributed by atoms with Crippen molar-refractivity contribution < 1.29 is 9.47 Å². The van der Waals surface area contributed by atoms with E-state index in [4.69, 9.17) is 9.47 Å². The quantitative estimate of drug-likeness (QED) is 0.231. The van der Waals surface area contributed by atoms with E-state index in [0.717, 1.165) is 37.0 Å². The fourth-order valence-corrected chi connectivity index (χ4v) is 3.96. The second-order valence-electron chi connectivity index (χ2n) is 8.11. The first-order valence-corrected chi connectivity index (χ1v) is 11.3. The van der Waals surface area contributed by atoms with Crippen LogP contribution in [-0.4, -0.2) is 40.9 Å². The largest absolute Gasteiger partial charge is 0.377 e. The number of methoxy groups -OCH3 is 1. The van der Waals surface area contributed by atoms with Gasteiger partial charge in [0.05, 0.1) is 19.8 Å². The minimum atomic E-state index is 0. The van der Waals surface area contributed by atoms with Crippen molar-refractivity contribution in [2.24, 2.45) is 4.99 Å². The molecular formula is C25H33IN6O2. The number of benzene rings is 2. The number of hydrogen-bond donors (Lipinski definition) is 2. The summed E-state index contributed by atoms with van der Waals surface area (Å²) in [5.74, 6) is 2.54. The van der Waals surface area contributed by atoms with Crippen LogP contribution in [0.3, 0.4) is 0 Å². The van der Waals surface area contributed by atoms with Gasteiger partial charge in [0.15, 0.2) is 11.8 Å². The highest BCUT2D eigenvalue weighted by molar-refractivity contribution is 14.0. The third kappa shape index (κ3) is 7.25. The smallest absolute Gasteiger partial charge is 0.191 e. The Balaban J connectivity index is 0.00000324. The Kier molecular flexibility index (Phi) is 10.3. The maximum atomic E-state index is 5.96. The second kappa shape index (κ2) is 13.4. The van der Waals surface area contributed by atoms with Crippen molar-refractivity contribution in [3.63, 3.8) is 0 Å². The molecule has 34 heavy (non-hydrogen) atoms. The lowest BCUT2D eigenvalue weighted by Crippen LogP contribution is -2.46. The van der Waals surface area contributed by atoms with E-state index >= 15 is 0 Å². The molecule has 0 amide bonds. The van der Waals surface area contributed by atoms with Crippen LogP contribution in [0.15, 0.2) is 59.6 Å². The molecule has 2 heterocycles. The normalized spacial score (nSPS) is 15.4. The number of aryl methyl sites for hydroxylation is 1. The summed E-state index contributed by atoms with van der Waals surface area (Å²) in [5.41, 5.74) is 3.54. The summed E-state index contributed by atoms with van der Waals surface area (Å²) in [4.78, 5) is 8.96. The molecule has 182 valence electrons. The maximum absolute atomic E-state index is 5.96. The van der Waals surface area contributed by atoms with Crippen LogP contribution in [0.1, 0.15) is 34.8 Å². The van der Waals surface area contributed by atoms with Crippen molar-refractivity contribution in [2.75, 3.05) is 14.2 Å². The van der Waals surface area contributed by atoms with E-state index in [1.54, 1.807) is 14.2 Å². The van der Waals surface area contributed by atoms with Crippen LogP contribution in [0.2, 0.25) is 0 Å². The van der Waals surface area contributed by atoms with Crippen LogP contribution in [0, 0.1) is 0 Å². The monoisotopic (exact) mass is 576 g/mol. The van der Waals surface area contributed by atoms with E-state index in [-0.39, 0.29) is 30.0 Å². The highest BCUT2D eigenvalue weighted by Crippen LogP contribution is 2.14. The lowest BCUT2D eigenvalue weighted by atomic mass is 10.1. The molecule has 1 atom stereocenters.